The quantitative estimate of drug-likeness (QED) is 0.453. The van der Waals surface area contributed by atoms with Crippen LogP contribution in [0, 0.1) is 12.7 Å². The zero-order valence-electron chi connectivity index (χ0n) is 18.6. The van der Waals surface area contributed by atoms with E-state index in [4.69, 9.17) is 4.74 Å². The van der Waals surface area contributed by atoms with E-state index < -0.39 is 5.69 Å². The second-order valence-corrected chi connectivity index (χ2v) is 8.13. The maximum absolute atomic E-state index is 13.2. The molecule has 174 valence electrons. The van der Waals surface area contributed by atoms with Crippen LogP contribution in [0.2, 0.25) is 0 Å². The Bertz CT molecular complexity index is 1370. The van der Waals surface area contributed by atoms with E-state index in [9.17, 15) is 14.0 Å². The average Bonchev–Trinajstić information content (AvgIpc) is 3.17. The summed E-state index contributed by atoms with van der Waals surface area (Å²) in [5, 5.41) is 4.32. The smallest absolute Gasteiger partial charge is 0.351 e. The van der Waals surface area contributed by atoms with E-state index in [2.05, 4.69) is 15.0 Å². The topological polar surface area (TPSA) is 85.0 Å². The van der Waals surface area contributed by atoms with Crippen molar-refractivity contribution in [2.24, 2.45) is 0 Å². The van der Waals surface area contributed by atoms with Gasteiger partial charge in [0.15, 0.2) is 0 Å². The van der Waals surface area contributed by atoms with Gasteiger partial charge in [0.1, 0.15) is 18.1 Å². The lowest BCUT2D eigenvalue weighted by atomic mass is 10.2. The van der Waals surface area contributed by atoms with Crippen LogP contribution in [0.25, 0.3) is 5.65 Å². The monoisotopic (exact) mass is 462 g/mol. The Balaban J connectivity index is 1.28. The average molecular weight is 462 g/mol. The highest BCUT2D eigenvalue weighted by atomic mass is 19.1. The van der Waals surface area contributed by atoms with Crippen molar-refractivity contribution in [2.75, 3.05) is 31.1 Å². The molecule has 1 saturated heterocycles. The van der Waals surface area contributed by atoms with Crippen LogP contribution < -0.4 is 15.3 Å². The molecule has 1 aliphatic heterocycles. The highest BCUT2D eigenvalue weighted by Crippen LogP contribution is 2.22. The summed E-state index contributed by atoms with van der Waals surface area (Å²) in [4.78, 5) is 33.7. The first-order valence-corrected chi connectivity index (χ1v) is 10.9. The molecule has 9 nitrogen and oxygen atoms in total. The molecule has 5 rings (SSSR count). The lowest BCUT2D eigenvalue weighted by Gasteiger charge is -2.36. The number of aromatic nitrogens is 4. The molecular formula is C24H23FN6O3. The van der Waals surface area contributed by atoms with Gasteiger partial charge in [0.2, 0.25) is 11.6 Å². The first-order valence-electron chi connectivity index (χ1n) is 10.9. The first kappa shape index (κ1) is 21.6. The van der Waals surface area contributed by atoms with Crippen molar-refractivity contribution in [3.63, 3.8) is 0 Å². The maximum Gasteiger partial charge on any atom is 0.351 e. The summed E-state index contributed by atoms with van der Waals surface area (Å²) in [6.45, 7) is 4.04. The SMILES string of the molecule is Cc1ccc(Oc2nccn3c(=O)n(CC(=O)N4CCN(c5ccc(F)cc5)CC4)nc23)cc1. The molecule has 2 aromatic heterocycles. The molecule has 0 bridgehead atoms. The van der Waals surface area contributed by atoms with E-state index >= 15 is 0 Å². The number of carbonyl (C=O) groups is 1. The molecule has 0 saturated carbocycles. The van der Waals surface area contributed by atoms with Gasteiger partial charge in [0, 0.05) is 44.3 Å². The number of hydrogen-bond donors (Lipinski definition) is 0. The minimum Gasteiger partial charge on any atom is -0.436 e. The molecule has 2 aromatic carbocycles. The summed E-state index contributed by atoms with van der Waals surface area (Å²) >= 11 is 0. The molecule has 3 heterocycles. The lowest BCUT2D eigenvalue weighted by Crippen LogP contribution is -2.50. The van der Waals surface area contributed by atoms with E-state index in [1.54, 1.807) is 17.0 Å². The van der Waals surface area contributed by atoms with Crippen molar-refractivity contribution in [3.05, 3.63) is 82.8 Å². The number of anilines is 1. The number of benzene rings is 2. The number of amides is 1. The lowest BCUT2D eigenvalue weighted by molar-refractivity contribution is -0.132. The van der Waals surface area contributed by atoms with Crippen molar-refractivity contribution >= 4 is 17.2 Å². The van der Waals surface area contributed by atoms with Gasteiger partial charge in [-0.3, -0.25) is 4.79 Å². The molecule has 1 aliphatic rings. The second kappa shape index (κ2) is 8.97. The summed E-state index contributed by atoms with van der Waals surface area (Å²) in [6, 6.07) is 13.8. The number of halogens is 1. The summed E-state index contributed by atoms with van der Waals surface area (Å²) < 4.78 is 21.4. The summed E-state index contributed by atoms with van der Waals surface area (Å²) in [5.74, 6) is 0.280. The van der Waals surface area contributed by atoms with E-state index in [1.807, 2.05) is 31.2 Å². The Morgan fingerprint density at radius 1 is 1.03 bits per heavy atom. The van der Waals surface area contributed by atoms with Gasteiger partial charge in [0.25, 0.3) is 5.88 Å². The summed E-state index contributed by atoms with van der Waals surface area (Å²) in [6.07, 6.45) is 2.95. The van der Waals surface area contributed by atoms with Crippen molar-refractivity contribution in [1.82, 2.24) is 24.1 Å². The molecular weight excluding hydrogens is 439 g/mol. The normalized spacial score (nSPS) is 13.9. The van der Waals surface area contributed by atoms with Crippen LogP contribution in [0.4, 0.5) is 10.1 Å². The number of nitrogens with zero attached hydrogens (tertiary/aromatic N) is 6. The highest BCUT2D eigenvalue weighted by Gasteiger charge is 2.23. The van der Waals surface area contributed by atoms with Crippen LogP contribution in [0.5, 0.6) is 11.6 Å². The largest absolute Gasteiger partial charge is 0.436 e. The maximum atomic E-state index is 13.2. The molecule has 0 N–H and O–H groups in total. The van der Waals surface area contributed by atoms with E-state index in [1.165, 1.54) is 28.9 Å². The predicted octanol–water partition coefficient (Wildman–Crippen LogP) is 2.48. The zero-order valence-corrected chi connectivity index (χ0v) is 18.6. The molecule has 0 atom stereocenters. The molecule has 1 amide bonds. The van der Waals surface area contributed by atoms with Gasteiger partial charge in [-0.1, -0.05) is 17.7 Å². The minimum atomic E-state index is -0.440. The first-order chi connectivity index (χ1) is 16.5. The van der Waals surface area contributed by atoms with Gasteiger partial charge in [-0.25, -0.2) is 23.3 Å². The van der Waals surface area contributed by atoms with E-state index in [-0.39, 0.29) is 29.8 Å². The standard InChI is InChI=1S/C24H23FN6O3/c1-17-2-8-20(9-3-17)34-23-22-27-31(24(33)30(22)11-10-26-23)16-21(32)29-14-12-28(13-15-29)19-6-4-18(25)5-7-19/h2-11H,12-16H2,1H3. The van der Waals surface area contributed by atoms with Crippen LogP contribution in [0.1, 0.15) is 5.56 Å². The number of aryl methyl sites for hydroxylation is 1. The molecule has 0 unspecified atom stereocenters. The van der Waals surface area contributed by atoms with Crippen LogP contribution >= 0.6 is 0 Å². The minimum absolute atomic E-state index is 0.180. The van der Waals surface area contributed by atoms with Crippen LogP contribution in [-0.2, 0) is 11.3 Å². The number of fused-ring (bicyclic) bond motifs is 1. The number of hydrogen-bond acceptors (Lipinski definition) is 6. The Kier molecular flexibility index (Phi) is 5.70. The molecule has 10 heteroatoms. The van der Waals surface area contributed by atoms with E-state index in [0.717, 1.165) is 15.9 Å². The van der Waals surface area contributed by atoms with Crippen molar-refractivity contribution < 1.29 is 13.9 Å². The fourth-order valence-electron chi connectivity index (χ4n) is 3.91. The summed E-state index contributed by atoms with van der Waals surface area (Å²) in [7, 11) is 0. The van der Waals surface area contributed by atoms with Crippen LogP contribution in [0.3, 0.4) is 0 Å². The van der Waals surface area contributed by atoms with E-state index in [0.29, 0.717) is 31.9 Å². The van der Waals surface area contributed by atoms with Gasteiger partial charge in [0.05, 0.1) is 0 Å². The molecule has 34 heavy (non-hydrogen) atoms. The predicted molar refractivity (Wildman–Crippen MR) is 124 cm³/mol. The fourth-order valence-corrected chi connectivity index (χ4v) is 3.91. The third-order valence-electron chi connectivity index (χ3n) is 5.81. The van der Waals surface area contributed by atoms with Crippen molar-refractivity contribution in [2.45, 2.75) is 13.5 Å². The van der Waals surface area contributed by atoms with Gasteiger partial charge >= 0.3 is 5.69 Å². The molecule has 1 fully saturated rings. The number of ether oxygens (including phenoxy) is 1. The molecule has 0 spiro atoms. The van der Waals surface area contributed by atoms with Gasteiger partial charge in [-0.2, -0.15) is 0 Å². The highest BCUT2D eigenvalue weighted by molar-refractivity contribution is 5.76. The molecule has 0 radical (unpaired) electrons. The van der Waals surface area contributed by atoms with Crippen molar-refractivity contribution in [1.29, 1.82) is 0 Å². The van der Waals surface area contributed by atoms with Gasteiger partial charge in [-0.15, -0.1) is 5.10 Å². The second-order valence-electron chi connectivity index (χ2n) is 8.13. The molecule has 0 aliphatic carbocycles. The van der Waals surface area contributed by atoms with Crippen molar-refractivity contribution in [3.8, 4) is 11.6 Å². The van der Waals surface area contributed by atoms with Gasteiger partial charge < -0.3 is 14.5 Å². The third-order valence-corrected chi connectivity index (χ3v) is 5.81. The fraction of sp³-hybridized carbons (Fsp3) is 0.250. The van der Waals surface area contributed by atoms with Gasteiger partial charge in [-0.05, 0) is 43.3 Å². The Labute approximate surface area is 194 Å². The number of piperazine rings is 1. The third kappa shape index (κ3) is 4.34. The Morgan fingerprint density at radius 2 is 1.74 bits per heavy atom. The Hall–Kier alpha value is -4.21. The van der Waals surface area contributed by atoms with Crippen LogP contribution in [-0.4, -0.2) is 56.2 Å². The number of rotatable bonds is 5. The zero-order chi connectivity index (χ0) is 23.7. The summed E-state index contributed by atoms with van der Waals surface area (Å²) in [5.41, 5.74) is 1.81. The Morgan fingerprint density at radius 3 is 2.44 bits per heavy atom. The number of carbonyl (C=O) groups excluding carboxylic acids is 1. The van der Waals surface area contributed by atoms with Crippen LogP contribution in [0.15, 0.2) is 65.7 Å². The molecule has 4 aromatic rings.